The molecule has 0 aromatic rings. The molecule has 0 bridgehead atoms. The van der Waals surface area contributed by atoms with E-state index in [1.54, 1.807) is 14.2 Å². The second-order valence-corrected chi connectivity index (χ2v) is 3.43. The quantitative estimate of drug-likeness (QED) is 0.361. The average molecular weight is 206 g/mol. The van der Waals surface area contributed by atoms with Crippen LogP contribution in [0, 0.1) is 0 Å². The van der Waals surface area contributed by atoms with Crippen LogP contribution >= 0.6 is 0 Å². The van der Waals surface area contributed by atoms with Crippen molar-refractivity contribution in [3.05, 3.63) is 0 Å². The first kappa shape index (κ1) is 13.8. The number of nitrogens with one attached hydrogen (secondary N) is 1. The van der Waals surface area contributed by atoms with Gasteiger partial charge in [-0.1, -0.05) is 0 Å². The lowest BCUT2D eigenvalue weighted by Crippen LogP contribution is -2.58. The summed E-state index contributed by atoms with van der Waals surface area (Å²) < 4.78 is 10.3. The van der Waals surface area contributed by atoms with Crippen LogP contribution in [-0.4, -0.2) is 50.9 Å². The second-order valence-electron chi connectivity index (χ2n) is 3.43. The van der Waals surface area contributed by atoms with Gasteiger partial charge >= 0.3 is 0 Å². The molecule has 0 aliphatic rings. The molecule has 1 atom stereocenters. The highest BCUT2D eigenvalue weighted by Crippen LogP contribution is 2.12. The Bertz CT molecular complexity index is 142. The molecule has 0 saturated heterocycles. The summed E-state index contributed by atoms with van der Waals surface area (Å²) >= 11 is 0. The highest BCUT2D eigenvalue weighted by Gasteiger charge is 2.32. The van der Waals surface area contributed by atoms with E-state index in [9.17, 15) is 0 Å². The molecule has 0 aromatic carbocycles. The van der Waals surface area contributed by atoms with Crippen LogP contribution in [0.2, 0.25) is 0 Å². The number of aliphatic hydroxyl groups is 1. The number of aliphatic hydroxyl groups excluding tert-OH is 1. The van der Waals surface area contributed by atoms with Gasteiger partial charge in [0.05, 0.1) is 5.54 Å². The van der Waals surface area contributed by atoms with Crippen molar-refractivity contribution < 1.29 is 14.6 Å². The fourth-order valence-electron chi connectivity index (χ4n) is 1.32. The highest BCUT2D eigenvalue weighted by atomic mass is 16.7. The monoisotopic (exact) mass is 206 g/mol. The minimum absolute atomic E-state index is 0.165. The molecule has 0 aromatic heterocycles. The molecule has 0 aliphatic heterocycles. The Labute approximate surface area is 85.6 Å². The van der Waals surface area contributed by atoms with Gasteiger partial charge in [0.15, 0.2) is 6.29 Å². The van der Waals surface area contributed by atoms with E-state index in [2.05, 4.69) is 5.32 Å². The molecule has 5 heteroatoms. The van der Waals surface area contributed by atoms with Crippen LogP contribution in [0.5, 0.6) is 0 Å². The Morgan fingerprint density at radius 3 is 2.36 bits per heavy atom. The van der Waals surface area contributed by atoms with Gasteiger partial charge in [0.25, 0.3) is 0 Å². The molecular formula is C9H22N2O3. The minimum Gasteiger partial charge on any atom is -0.396 e. The third kappa shape index (κ3) is 3.89. The Balaban J connectivity index is 4.14. The maximum Gasteiger partial charge on any atom is 0.175 e. The van der Waals surface area contributed by atoms with Gasteiger partial charge in [-0.05, 0) is 19.9 Å². The molecule has 0 saturated carbocycles. The van der Waals surface area contributed by atoms with Crippen molar-refractivity contribution in [2.75, 3.05) is 33.9 Å². The average Bonchev–Trinajstić information content (AvgIpc) is 2.20. The summed E-state index contributed by atoms with van der Waals surface area (Å²) in [4.78, 5) is 0. The lowest BCUT2D eigenvalue weighted by atomic mass is 10.0. The van der Waals surface area contributed by atoms with E-state index in [0.717, 1.165) is 0 Å². The van der Waals surface area contributed by atoms with Crippen molar-refractivity contribution in [2.24, 2.45) is 5.73 Å². The number of nitrogens with two attached hydrogens (primary N) is 1. The standard InChI is InChI=1S/C9H22N2O3/c1-9(7-10,8(13-2)14-3)11-5-4-6-12/h8,11-12H,4-7,10H2,1-3H3. The largest absolute Gasteiger partial charge is 0.396 e. The maximum atomic E-state index is 8.66. The van der Waals surface area contributed by atoms with Gasteiger partial charge < -0.3 is 25.6 Å². The van der Waals surface area contributed by atoms with E-state index in [4.69, 9.17) is 20.3 Å². The Kier molecular flexibility index (Phi) is 7.04. The third-order valence-corrected chi connectivity index (χ3v) is 2.24. The zero-order valence-electron chi connectivity index (χ0n) is 9.25. The zero-order valence-corrected chi connectivity index (χ0v) is 9.25. The number of hydrogen-bond donors (Lipinski definition) is 3. The number of methoxy groups -OCH3 is 2. The number of hydrogen-bond acceptors (Lipinski definition) is 5. The van der Waals surface area contributed by atoms with E-state index < -0.39 is 5.54 Å². The van der Waals surface area contributed by atoms with E-state index >= 15 is 0 Å². The van der Waals surface area contributed by atoms with E-state index in [0.29, 0.717) is 19.5 Å². The summed E-state index contributed by atoms with van der Waals surface area (Å²) in [6, 6.07) is 0. The number of rotatable bonds is 8. The summed E-state index contributed by atoms with van der Waals surface area (Å²) in [5, 5.41) is 11.9. The van der Waals surface area contributed by atoms with Gasteiger partial charge in [0.1, 0.15) is 0 Å². The van der Waals surface area contributed by atoms with Crippen LogP contribution in [0.3, 0.4) is 0 Å². The molecule has 4 N–H and O–H groups in total. The summed E-state index contributed by atoms with van der Waals surface area (Å²) in [5.74, 6) is 0. The van der Waals surface area contributed by atoms with Gasteiger partial charge in [-0.15, -0.1) is 0 Å². The van der Waals surface area contributed by atoms with Crippen LogP contribution in [0.15, 0.2) is 0 Å². The van der Waals surface area contributed by atoms with Gasteiger partial charge in [-0.3, -0.25) is 0 Å². The molecule has 0 fully saturated rings. The lowest BCUT2D eigenvalue weighted by Gasteiger charge is -2.35. The fourth-order valence-corrected chi connectivity index (χ4v) is 1.32. The van der Waals surface area contributed by atoms with Crippen molar-refractivity contribution in [1.29, 1.82) is 0 Å². The van der Waals surface area contributed by atoms with Gasteiger partial charge in [0.2, 0.25) is 0 Å². The molecule has 0 heterocycles. The van der Waals surface area contributed by atoms with Crippen molar-refractivity contribution in [3.8, 4) is 0 Å². The molecular weight excluding hydrogens is 184 g/mol. The first-order valence-corrected chi connectivity index (χ1v) is 4.76. The van der Waals surface area contributed by atoms with E-state index in [1.165, 1.54) is 0 Å². The Hall–Kier alpha value is -0.200. The minimum atomic E-state index is -0.418. The van der Waals surface area contributed by atoms with Crippen LogP contribution in [-0.2, 0) is 9.47 Å². The molecule has 5 nitrogen and oxygen atoms in total. The van der Waals surface area contributed by atoms with Crippen molar-refractivity contribution in [2.45, 2.75) is 25.2 Å². The summed E-state index contributed by atoms with van der Waals surface area (Å²) in [6.07, 6.45) is 0.307. The topological polar surface area (TPSA) is 76.7 Å². The molecule has 14 heavy (non-hydrogen) atoms. The predicted molar refractivity (Wildman–Crippen MR) is 55.0 cm³/mol. The molecule has 0 amide bonds. The fraction of sp³-hybridized carbons (Fsp3) is 1.00. The second kappa shape index (κ2) is 7.14. The first-order valence-electron chi connectivity index (χ1n) is 4.76. The zero-order chi connectivity index (χ0) is 11.0. The summed E-state index contributed by atoms with van der Waals surface area (Å²) in [5.41, 5.74) is 5.24. The van der Waals surface area contributed by atoms with E-state index in [-0.39, 0.29) is 12.9 Å². The van der Waals surface area contributed by atoms with E-state index in [1.807, 2.05) is 6.92 Å². The molecule has 1 unspecified atom stereocenters. The molecule has 86 valence electrons. The van der Waals surface area contributed by atoms with Crippen LogP contribution < -0.4 is 11.1 Å². The van der Waals surface area contributed by atoms with Crippen LogP contribution in [0.1, 0.15) is 13.3 Å². The Morgan fingerprint density at radius 1 is 1.43 bits per heavy atom. The molecule has 0 spiro atoms. The predicted octanol–water partition coefficient (Wildman–Crippen LogP) is -0.705. The summed E-state index contributed by atoms with van der Waals surface area (Å²) in [6.45, 7) is 3.19. The summed E-state index contributed by atoms with van der Waals surface area (Å²) in [7, 11) is 3.16. The Morgan fingerprint density at radius 2 is 2.00 bits per heavy atom. The van der Waals surface area contributed by atoms with Gasteiger partial charge in [-0.25, -0.2) is 0 Å². The van der Waals surface area contributed by atoms with Crippen LogP contribution in [0.25, 0.3) is 0 Å². The first-order chi connectivity index (χ1) is 6.64. The number of ether oxygens (including phenoxy) is 2. The van der Waals surface area contributed by atoms with Gasteiger partial charge in [-0.2, -0.15) is 0 Å². The normalized spacial score (nSPS) is 15.9. The SMILES string of the molecule is COC(OC)C(C)(CN)NCCCO. The lowest BCUT2D eigenvalue weighted by molar-refractivity contribution is -0.149. The van der Waals surface area contributed by atoms with Crippen molar-refractivity contribution in [1.82, 2.24) is 5.32 Å². The third-order valence-electron chi connectivity index (χ3n) is 2.24. The van der Waals surface area contributed by atoms with Crippen LogP contribution in [0.4, 0.5) is 0 Å². The highest BCUT2D eigenvalue weighted by molar-refractivity contribution is 4.87. The van der Waals surface area contributed by atoms with Crippen molar-refractivity contribution in [3.63, 3.8) is 0 Å². The maximum absolute atomic E-state index is 8.66. The van der Waals surface area contributed by atoms with Crippen molar-refractivity contribution >= 4 is 0 Å². The molecule has 0 aliphatic carbocycles. The smallest absolute Gasteiger partial charge is 0.175 e. The molecule has 0 radical (unpaired) electrons. The molecule has 0 rings (SSSR count). The van der Waals surface area contributed by atoms with Gasteiger partial charge in [0, 0.05) is 27.4 Å².